The minimum atomic E-state index is -0.151. The van der Waals surface area contributed by atoms with Gasteiger partial charge in [0.2, 0.25) is 0 Å². The molecule has 0 atom stereocenters. The summed E-state index contributed by atoms with van der Waals surface area (Å²) in [6, 6.07) is 89.6. The molecule has 0 spiro atoms. The summed E-state index contributed by atoms with van der Waals surface area (Å²) >= 11 is 0. The number of fused-ring (bicyclic) bond motifs is 14. The molecule has 16 rings (SSSR count). The molecule has 0 saturated carbocycles. The van der Waals surface area contributed by atoms with Crippen LogP contribution in [-0.2, 0) is 10.8 Å². The second-order valence-corrected chi connectivity index (χ2v) is 24.7. The van der Waals surface area contributed by atoms with E-state index in [2.05, 4.69) is 282 Å². The molecule has 14 aromatic rings. The van der Waals surface area contributed by atoms with Gasteiger partial charge in [-0.1, -0.05) is 242 Å². The molecule has 0 bridgehead atoms. The second-order valence-electron chi connectivity index (χ2n) is 24.7. The van der Waals surface area contributed by atoms with Crippen LogP contribution in [0.4, 0.5) is 17.1 Å². The quantitative estimate of drug-likeness (QED) is 0.123. The summed E-state index contributed by atoms with van der Waals surface area (Å²) in [6.07, 6.45) is 0. The van der Waals surface area contributed by atoms with Crippen LogP contribution < -0.4 is 21.3 Å². The predicted molar refractivity (Wildman–Crippen MR) is 351 cm³/mol. The number of nitrogens with zero attached hydrogens (tertiary/aromatic N) is 5. The monoisotopic (exact) mass is 1060 g/mol. The zero-order chi connectivity index (χ0) is 55.9. The van der Waals surface area contributed by atoms with Gasteiger partial charge in [0.1, 0.15) is 0 Å². The van der Waals surface area contributed by atoms with E-state index in [4.69, 9.17) is 15.0 Å². The second kappa shape index (κ2) is 18.3. The number of benzene rings is 12. The van der Waals surface area contributed by atoms with Crippen molar-refractivity contribution in [3.8, 4) is 62.1 Å². The first-order valence-electron chi connectivity index (χ1n) is 29.0. The van der Waals surface area contributed by atoms with Crippen LogP contribution in [0.5, 0.6) is 0 Å². The molecule has 0 fully saturated rings. The summed E-state index contributed by atoms with van der Waals surface area (Å²) in [6.45, 7) is 13.7. The van der Waals surface area contributed by atoms with E-state index in [1.165, 1.54) is 98.4 Å². The van der Waals surface area contributed by atoms with Crippen LogP contribution in [0.1, 0.15) is 52.7 Å². The van der Waals surface area contributed by atoms with Crippen molar-refractivity contribution in [2.45, 2.75) is 52.4 Å². The van der Waals surface area contributed by atoms with Crippen LogP contribution >= 0.6 is 0 Å². The zero-order valence-electron chi connectivity index (χ0n) is 47.4. The molecule has 394 valence electrons. The highest BCUT2D eigenvalue weighted by atomic mass is 15.2. The van der Waals surface area contributed by atoms with Crippen molar-refractivity contribution in [1.29, 1.82) is 0 Å². The van der Waals surface area contributed by atoms with Gasteiger partial charge in [-0.25, -0.2) is 15.0 Å². The van der Waals surface area contributed by atoms with Crippen LogP contribution in [0.25, 0.3) is 116 Å². The van der Waals surface area contributed by atoms with Crippen molar-refractivity contribution in [3.05, 3.63) is 254 Å². The van der Waals surface area contributed by atoms with Gasteiger partial charge in [0.25, 0.3) is 6.71 Å². The van der Waals surface area contributed by atoms with E-state index < -0.39 is 0 Å². The van der Waals surface area contributed by atoms with E-state index in [1.807, 2.05) is 12.1 Å². The van der Waals surface area contributed by atoms with Crippen LogP contribution in [-0.4, -0.2) is 26.2 Å². The van der Waals surface area contributed by atoms with E-state index in [-0.39, 0.29) is 17.5 Å². The molecule has 0 saturated heterocycles. The van der Waals surface area contributed by atoms with Crippen LogP contribution in [0.15, 0.2) is 243 Å². The van der Waals surface area contributed by atoms with Gasteiger partial charge < -0.3 is 9.47 Å². The number of rotatable bonds is 6. The minimum Gasteiger partial charge on any atom is -0.311 e. The van der Waals surface area contributed by atoms with Crippen LogP contribution in [0, 0.1) is 0 Å². The summed E-state index contributed by atoms with van der Waals surface area (Å²) in [5, 5.41) is 10.0. The molecule has 0 radical (unpaired) electrons. The van der Waals surface area contributed by atoms with Gasteiger partial charge in [-0.15, -0.1) is 0 Å². The molecule has 0 amide bonds. The van der Waals surface area contributed by atoms with Crippen molar-refractivity contribution < 1.29 is 0 Å². The molecule has 12 aromatic carbocycles. The van der Waals surface area contributed by atoms with Crippen molar-refractivity contribution in [2.75, 3.05) is 4.90 Å². The number of anilines is 3. The first-order chi connectivity index (χ1) is 40.4. The first-order valence-corrected chi connectivity index (χ1v) is 29.0. The summed E-state index contributed by atoms with van der Waals surface area (Å²) in [5.41, 5.74) is 20.7. The maximum absolute atomic E-state index is 5.46. The zero-order valence-corrected chi connectivity index (χ0v) is 47.4. The third-order valence-electron chi connectivity index (χ3n) is 17.7. The van der Waals surface area contributed by atoms with Gasteiger partial charge in [0, 0.05) is 55.6 Å². The smallest absolute Gasteiger partial charge is 0.252 e. The summed E-state index contributed by atoms with van der Waals surface area (Å²) in [5.74, 6) is 1.86. The molecule has 2 aliphatic rings. The lowest BCUT2D eigenvalue weighted by molar-refractivity contribution is 0.590. The maximum Gasteiger partial charge on any atom is 0.252 e. The number of hydrogen-bond donors (Lipinski definition) is 0. The van der Waals surface area contributed by atoms with Crippen LogP contribution in [0.2, 0.25) is 0 Å². The molecular weight excluding hydrogens is 1010 g/mol. The largest absolute Gasteiger partial charge is 0.311 e. The minimum absolute atomic E-state index is 0.0257. The standard InChI is InChI=1S/C77H58BN5/c1-76(2,3)52-35-38-54(39-36-52)82-66-41-37-53(77(4,5)6)45-63(66)78-64-46-61-59-32-19-18-30-57(59)58-31-20-21-33-60(58)69(61)70-62-42-50(56-29-17-16-28-55(56)47-22-10-7-11-23-47)34-40-65(62)83(72(64)70)68-44-51(43-67(82)71(68)78)75-80-73(48-24-12-8-13-25-48)79-74(81-75)49-26-14-9-15-27-49/h7-46H,1-6H3. The van der Waals surface area contributed by atoms with Crippen molar-refractivity contribution >= 4 is 94.3 Å². The fourth-order valence-corrected chi connectivity index (χ4v) is 13.7. The Balaban J connectivity index is 1.09. The average Bonchev–Trinajstić information content (AvgIpc) is 2.82. The predicted octanol–water partition coefficient (Wildman–Crippen LogP) is 18.0. The van der Waals surface area contributed by atoms with E-state index in [0.29, 0.717) is 17.5 Å². The Morgan fingerprint density at radius 3 is 1.46 bits per heavy atom. The number of hydrogen-bond acceptors (Lipinski definition) is 4. The Hall–Kier alpha value is -9.91. The Morgan fingerprint density at radius 2 is 0.843 bits per heavy atom. The molecular formula is C77H58BN5. The fourth-order valence-electron chi connectivity index (χ4n) is 13.7. The topological polar surface area (TPSA) is 46.8 Å². The van der Waals surface area contributed by atoms with Gasteiger partial charge >= 0.3 is 0 Å². The van der Waals surface area contributed by atoms with Crippen molar-refractivity contribution in [1.82, 2.24) is 19.5 Å². The highest BCUT2D eigenvalue weighted by Gasteiger charge is 2.44. The third-order valence-corrected chi connectivity index (χ3v) is 17.7. The number of aromatic nitrogens is 4. The molecule has 0 unspecified atom stereocenters. The van der Waals surface area contributed by atoms with Gasteiger partial charge in [0.15, 0.2) is 17.5 Å². The molecule has 83 heavy (non-hydrogen) atoms. The van der Waals surface area contributed by atoms with E-state index >= 15 is 0 Å². The Bertz CT molecular complexity index is 4920. The van der Waals surface area contributed by atoms with Crippen molar-refractivity contribution in [3.63, 3.8) is 0 Å². The summed E-state index contributed by atoms with van der Waals surface area (Å²) < 4.78 is 2.62. The van der Waals surface area contributed by atoms with Crippen LogP contribution in [0.3, 0.4) is 0 Å². The summed E-state index contributed by atoms with van der Waals surface area (Å²) in [7, 11) is 0. The third kappa shape index (κ3) is 7.66. The molecule has 0 N–H and O–H groups in total. The molecule has 5 nitrogen and oxygen atoms in total. The van der Waals surface area contributed by atoms with Gasteiger partial charge in [-0.3, -0.25) is 0 Å². The normalized spacial score (nSPS) is 12.9. The maximum atomic E-state index is 5.46. The lowest BCUT2D eigenvalue weighted by Gasteiger charge is -2.41. The Labute approximate surface area is 484 Å². The van der Waals surface area contributed by atoms with Crippen molar-refractivity contribution in [2.24, 2.45) is 0 Å². The van der Waals surface area contributed by atoms with Gasteiger partial charge in [0.05, 0.1) is 11.0 Å². The van der Waals surface area contributed by atoms with E-state index in [1.54, 1.807) is 0 Å². The first kappa shape index (κ1) is 49.0. The molecule has 2 aromatic heterocycles. The molecule has 0 aliphatic carbocycles. The molecule has 2 aliphatic heterocycles. The van der Waals surface area contributed by atoms with E-state index in [9.17, 15) is 0 Å². The highest BCUT2D eigenvalue weighted by molar-refractivity contribution is 7.00. The summed E-state index contributed by atoms with van der Waals surface area (Å²) in [4.78, 5) is 18.6. The average molecular weight is 1060 g/mol. The SMILES string of the molecule is CC(C)(C)c1ccc(N2c3ccc(C(C)(C)C)cc3B3c4c2cc(-c2nc(-c5ccccc5)nc(-c5ccccc5)n2)cc4-n2c4ccc(-c5ccccc5-c5ccccc5)cc4c4c5c6ccccc6c6ccccc6c5cc3c42)cc1. The Morgan fingerprint density at radius 1 is 0.337 bits per heavy atom. The molecule has 6 heteroatoms. The molecule has 4 heterocycles. The lowest BCUT2D eigenvalue weighted by atomic mass is 9.33. The fraction of sp³-hybridized carbons (Fsp3) is 0.104. The van der Waals surface area contributed by atoms with E-state index in [0.717, 1.165) is 45.0 Å². The lowest BCUT2D eigenvalue weighted by Crippen LogP contribution is -2.60. The van der Waals surface area contributed by atoms with Gasteiger partial charge in [-0.05, 0) is 130 Å². The van der Waals surface area contributed by atoms with Gasteiger partial charge in [-0.2, -0.15) is 0 Å². The Kier molecular flexibility index (Phi) is 10.8. The highest BCUT2D eigenvalue weighted by Crippen LogP contribution is 2.49.